The van der Waals surface area contributed by atoms with E-state index in [1.54, 1.807) is 24.4 Å². The third-order valence-corrected chi connectivity index (χ3v) is 4.12. The number of pyridine rings is 1. The van der Waals surface area contributed by atoms with E-state index in [4.69, 9.17) is 0 Å². The lowest BCUT2D eigenvalue weighted by Gasteiger charge is -2.09. The summed E-state index contributed by atoms with van der Waals surface area (Å²) in [7, 11) is 0. The summed E-state index contributed by atoms with van der Waals surface area (Å²) in [6, 6.07) is 34.9. The molecule has 2 heteroatoms. The minimum absolute atomic E-state index is 0.00981. The van der Waals surface area contributed by atoms with Crippen LogP contribution in [0.5, 0.6) is 0 Å². The Morgan fingerprint density at radius 3 is 1.41 bits per heavy atom. The van der Waals surface area contributed by atoms with Crippen LogP contribution in [0.1, 0.15) is 17.4 Å². The number of rotatable bonds is 3. The van der Waals surface area contributed by atoms with Crippen LogP contribution in [0.2, 0.25) is 0 Å². The van der Waals surface area contributed by atoms with Crippen molar-refractivity contribution in [2.75, 3.05) is 0 Å². The largest absolute Gasteiger partial charge is 0.293 e. The van der Waals surface area contributed by atoms with Gasteiger partial charge in [-0.25, -0.2) is 0 Å². The van der Waals surface area contributed by atoms with Crippen LogP contribution in [0.4, 0.5) is 0 Å². The molecule has 3 aromatic carbocycles. The van der Waals surface area contributed by atoms with Gasteiger partial charge in [-0.3, -0.25) is 9.78 Å². The van der Waals surface area contributed by atoms with Crippen molar-refractivity contribution in [3.8, 4) is 22.3 Å². The molecule has 1 heterocycles. The van der Waals surface area contributed by atoms with Crippen molar-refractivity contribution in [3.05, 3.63) is 115 Å². The molecule has 0 N–H and O–H groups in total. The molecule has 2 nitrogen and oxygen atoms in total. The van der Waals surface area contributed by atoms with E-state index in [0.717, 1.165) is 0 Å². The molecule has 0 fully saturated rings. The topological polar surface area (TPSA) is 30.0 Å². The number of Topliss-reactive ketones (excluding diaryl/α,β-unsaturated/α-hetero) is 1. The summed E-state index contributed by atoms with van der Waals surface area (Å²) in [4.78, 5) is 14.4. The van der Waals surface area contributed by atoms with Crippen molar-refractivity contribution >= 4 is 5.78 Å². The molecule has 0 saturated heterocycles. The Balaban J connectivity index is 0.000000197. The van der Waals surface area contributed by atoms with E-state index in [1.807, 2.05) is 0 Å². The zero-order valence-electron chi connectivity index (χ0n) is 15.2. The second-order valence-electron chi connectivity index (χ2n) is 6.05. The van der Waals surface area contributed by atoms with Crippen LogP contribution >= 0.6 is 0 Å². The Morgan fingerprint density at radius 1 is 0.593 bits per heavy atom. The average Bonchev–Trinajstić information content (AvgIpc) is 2.76. The van der Waals surface area contributed by atoms with Gasteiger partial charge < -0.3 is 0 Å². The molecule has 1 aromatic heterocycles. The molecular formula is C25H21NO. The predicted molar refractivity (Wildman–Crippen MR) is 112 cm³/mol. The zero-order valence-corrected chi connectivity index (χ0v) is 15.2. The van der Waals surface area contributed by atoms with E-state index in [9.17, 15) is 4.79 Å². The Kier molecular flexibility index (Phi) is 6.26. The van der Waals surface area contributed by atoms with Gasteiger partial charge >= 0.3 is 0 Å². The van der Waals surface area contributed by atoms with Gasteiger partial charge in [-0.15, -0.1) is 0 Å². The highest BCUT2D eigenvalue weighted by molar-refractivity contribution is 5.91. The summed E-state index contributed by atoms with van der Waals surface area (Å²) in [6.07, 6.45) is 1.61. The first kappa shape index (κ1) is 18.3. The highest BCUT2D eigenvalue weighted by Gasteiger charge is 2.05. The van der Waals surface area contributed by atoms with E-state index in [1.165, 1.54) is 29.2 Å². The van der Waals surface area contributed by atoms with Crippen molar-refractivity contribution in [1.82, 2.24) is 4.98 Å². The van der Waals surface area contributed by atoms with E-state index in [-0.39, 0.29) is 5.78 Å². The fourth-order valence-electron chi connectivity index (χ4n) is 2.79. The summed E-state index contributed by atoms with van der Waals surface area (Å²) in [6.45, 7) is 1.50. The second-order valence-corrected chi connectivity index (χ2v) is 6.05. The molecule has 4 aromatic rings. The number of carbonyl (C=O) groups excluding carboxylic acids is 1. The molecular weight excluding hydrogens is 330 g/mol. The molecule has 132 valence electrons. The fraction of sp³-hybridized carbons (Fsp3) is 0.0400. The standard InChI is InChI=1S/C18H14.C7H7NO/c1-3-9-15(10-4-1)17-13-7-8-14-18(17)16-11-5-2-6-12-16;1-6(9)7-4-2-3-5-8-7/h1-14H;2-5H,1H3. The normalized spacial score (nSPS) is 9.81. The summed E-state index contributed by atoms with van der Waals surface area (Å²) < 4.78 is 0. The smallest absolute Gasteiger partial charge is 0.178 e. The number of nitrogens with zero attached hydrogens (tertiary/aromatic N) is 1. The van der Waals surface area contributed by atoms with Crippen molar-refractivity contribution in [2.45, 2.75) is 6.92 Å². The van der Waals surface area contributed by atoms with Gasteiger partial charge in [-0.2, -0.15) is 0 Å². The van der Waals surface area contributed by atoms with Gasteiger partial charge in [-0.1, -0.05) is 91.0 Å². The number of benzene rings is 3. The number of aromatic nitrogens is 1. The number of hydrogen-bond acceptors (Lipinski definition) is 2. The fourth-order valence-corrected chi connectivity index (χ4v) is 2.79. The molecule has 0 bridgehead atoms. The maximum Gasteiger partial charge on any atom is 0.178 e. The van der Waals surface area contributed by atoms with Gasteiger partial charge in [0.1, 0.15) is 5.69 Å². The molecule has 0 saturated carbocycles. The van der Waals surface area contributed by atoms with Crippen LogP contribution in [0, 0.1) is 0 Å². The Morgan fingerprint density at radius 2 is 1.04 bits per heavy atom. The average molecular weight is 351 g/mol. The monoisotopic (exact) mass is 351 g/mol. The molecule has 0 spiro atoms. The molecule has 0 radical (unpaired) electrons. The highest BCUT2D eigenvalue weighted by atomic mass is 16.1. The molecule has 0 atom stereocenters. The Labute approximate surface area is 160 Å². The van der Waals surface area contributed by atoms with Crippen LogP contribution in [0.15, 0.2) is 109 Å². The van der Waals surface area contributed by atoms with E-state index in [0.29, 0.717) is 5.69 Å². The third-order valence-electron chi connectivity index (χ3n) is 4.12. The lowest BCUT2D eigenvalue weighted by Crippen LogP contribution is -1.93. The predicted octanol–water partition coefficient (Wildman–Crippen LogP) is 6.30. The molecule has 27 heavy (non-hydrogen) atoms. The van der Waals surface area contributed by atoms with Crippen molar-refractivity contribution < 1.29 is 4.79 Å². The van der Waals surface area contributed by atoms with Crippen LogP contribution in [-0.4, -0.2) is 10.8 Å². The SMILES string of the molecule is CC(=O)c1ccccn1.c1ccc(-c2ccccc2-c2ccccc2)cc1. The molecule has 0 aliphatic rings. The van der Waals surface area contributed by atoms with Crippen LogP contribution in [-0.2, 0) is 0 Å². The van der Waals surface area contributed by atoms with Crippen molar-refractivity contribution in [1.29, 1.82) is 0 Å². The maximum absolute atomic E-state index is 10.6. The molecule has 0 aliphatic carbocycles. The summed E-state index contributed by atoms with van der Waals surface area (Å²) in [5.41, 5.74) is 5.61. The zero-order chi connectivity index (χ0) is 18.9. The third kappa shape index (κ3) is 4.99. The van der Waals surface area contributed by atoms with Crippen molar-refractivity contribution in [3.63, 3.8) is 0 Å². The minimum atomic E-state index is 0.00981. The number of hydrogen-bond donors (Lipinski definition) is 0. The Bertz CT molecular complexity index is 922. The van der Waals surface area contributed by atoms with Gasteiger partial charge in [0, 0.05) is 13.1 Å². The Hall–Kier alpha value is -3.52. The molecule has 0 amide bonds. The summed E-state index contributed by atoms with van der Waals surface area (Å²) in [5.74, 6) is 0.00981. The second kappa shape index (κ2) is 9.25. The summed E-state index contributed by atoms with van der Waals surface area (Å²) >= 11 is 0. The lowest BCUT2D eigenvalue weighted by atomic mass is 9.95. The van der Waals surface area contributed by atoms with Crippen LogP contribution in [0.3, 0.4) is 0 Å². The van der Waals surface area contributed by atoms with Crippen LogP contribution in [0.25, 0.3) is 22.3 Å². The first-order valence-corrected chi connectivity index (χ1v) is 8.87. The van der Waals surface area contributed by atoms with Gasteiger partial charge in [0.15, 0.2) is 5.78 Å². The maximum atomic E-state index is 10.6. The molecule has 0 unspecified atom stereocenters. The van der Waals surface area contributed by atoms with Gasteiger partial charge in [0.2, 0.25) is 0 Å². The molecule has 0 aliphatic heterocycles. The van der Waals surface area contributed by atoms with Gasteiger partial charge in [-0.05, 0) is 34.4 Å². The first-order chi connectivity index (χ1) is 13.3. The van der Waals surface area contributed by atoms with Gasteiger partial charge in [0.25, 0.3) is 0 Å². The van der Waals surface area contributed by atoms with Crippen molar-refractivity contribution in [2.24, 2.45) is 0 Å². The van der Waals surface area contributed by atoms with E-state index in [2.05, 4.69) is 89.9 Å². The first-order valence-electron chi connectivity index (χ1n) is 8.87. The van der Waals surface area contributed by atoms with Crippen LogP contribution < -0.4 is 0 Å². The van der Waals surface area contributed by atoms with E-state index >= 15 is 0 Å². The number of ketones is 1. The van der Waals surface area contributed by atoms with E-state index < -0.39 is 0 Å². The summed E-state index contributed by atoms with van der Waals surface area (Å²) in [5, 5.41) is 0. The van der Waals surface area contributed by atoms with Gasteiger partial charge in [0.05, 0.1) is 0 Å². The number of carbonyl (C=O) groups is 1. The quantitative estimate of drug-likeness (QED) is 0.405. The molecule has 4 rings (SSSR count). The lowest BCUT2D eigenvalue weighted by molar-refractivity contribution is 0.101. The highest BCUT2D eigenvalue weighted by Crippen LogP contribution is 2.31. The minimum Gasteiger partial charge on any atom is -0.293 e.